The first-order chi connectivity index (χ1) is 13.3. The van der Waals surface area contributed by atoms with Crippen LogP contribution < -0.4 is 5.43 Å². The van der Waals surface area contributed by atoms with Crippen molar-refractivity contribution in [1.29, 1.82) is 0 Å². The highest BCUT2D eigenvalue weighted by Crippen LogP contribution is 2.35. The van der Waals surface area contributed by atoms with E-state index in [0.717, 1.165) is 25.3 Å². The van der Waals surface area contributed by atoms with E-state index in [-0.39, 0.29) is 17.3 Å². The third-order valence-electron chi connectivity index (χ3n) is 5.40. The van der Waals surface area contributed by atoms with Gasteiger partial charge in [0.15, 0.2) is 12.0 Å². The van der Waals surface area contributed by atoms with Crippen LogP contribution in [0.4, 0.5) is 0 Å². The summed E-state index contributed by atoms with van der Waals surface area (Å²) in [6.45, 7) is 5.90. The summed E-state index contributed by atoms with van der Waals surface area (Å²) in [4.78, 5) is 36.5. The summed E-state index contributed by atoms with van der Waals surface area (Å²) in [6.07, 6.45) is 2.82. The van der Waals surface area contributed by atoms with Crippen LogP contribution in [-0.2, 0) is 14.3 Å². The number of para-hydroxylation sites is 1. The average Bonchev–Trinajstić information content (AvgIpc) is 2.66. The highest BCUT2D eigenvalue weighted by atomic mass is 16.6. The maximum absolute atomic E-state index is 12.2. The SMILES string of the molecule is CC1CCC(C(C)C)C(OC(=O)COC(=O)c2cc(=O)c3ccccc3o2)C1. The standard InChI is InChI=1S/C22H26O6/c1-13(2)15-9-8-14(3)10-19(15)28-21(24)12-26-22(25)20-11-17(23)16-6-4-5-7-18(16)27-20/h4-7,11,13-15,19H,8-10,12H2,1-3H3. The van der Waals surface area contributed by atoms with Crippen molar-refractivity contribution in [3.8, 4) is 0 Å². The lowest BCUT2D eigenvalue weighted by atomic mass is 9.75. The molecule has 0 aliphatic heterocycles. The van der Waals surface area contributed by atoms with E-state index in [4.69, 9.17) is 13.9 Å². The first-order valence-corrected chi connectivity index (χ1v) is 9.74. The minimum absolute atomic E-state index is 0.159. The minimum atomic E-state index is -0.864. The summed E-state index contributed by atoms with van der Waals surface area (Å²) in [6, 6.07) is 7.70. The van der Waals surface area contributed by atoms with Gasteiger partial charge in [0.05, 0.1) is 5.39 Å². The molecule has 3 unspecified atom stereocenters. The topological polar surface area (TPSA) is 82.8 Å². The van der Waals surface area contributed by atoms with Crippen LogP contribution in [0.3, 0.4) is 0 Å². The minimum Gasteiger partial charge on any atom is -0.460 e. The van der Waals surface area contributed by atoms with Gasteiger partial charge >= 0.3 is 11.9 Å². The van der Waals surface area contributed by atoms with Gasteiger partial charge in [0.25, 0.3) is 0 Å². The van der Waals surface area contributed by atoms with Crippen LogP contribution >= 0.6 is 0 Å². The summed E-state index contributed by atoms with van der Waals surface area (Å²) < 4.78 is 16.0. The van der Waals surface area contributed by atoms with Crippen molar-refractivity contribution in [3.05, 3.63) is 46.3 Å². The van der Waals surface area contributed by atoms with Crippen molar-refractivity contribution in [2.45, 2.75) is 46.1 Å². The second-order valence-corrected chi connectivity index (χ2v) is 7.90. The van der Waals surface area contributed by atoms with Crippen molar-refractivity contribution in [3.63, 3.8) is 0 Å². The summed E-state index contributed by atoms with van der Waals surface area (Å²) in [5, 5.41) is 0.379. The van der Waals surface area contributed by atoms with Crippen LogP contribution in [0, 0.1) is 17.8 Å². The van der Waals surface area contributed by atoms with E-state index < -0.39 is 18.5 Å². The fourth-order valence-corrected chi connectivity index (χ4v) is 3.85. The number of hydrogen-bond acceptors (Lipinski definition) is 6. The molecular formula is C22H26O6. The molecule has 0 N–H and O–H groups in total. The molecule has 1 aliphatic rings. The summed E-state index contributed by atoms with van der Waals surface area (Å²) >= 11 is 0. The highest BCUT2D eigenvalue weighted by molar-refractivity contribution is 5.90. The van der Waals surface area contributed by atoms with Crippen LogP contribution in [0.2, 0.25) is 0 Å². The molecule has 3 rings (SSSR count). The fraction of sp³-hybridized carbons (Fsp3) is 0.500. The first kappa shape index (κ1) is 20.1. The van der Waals surface area contributed by atoms with E-state index >= 15 is 0 Å². The Balaban J connectivity index is 1.61. The molecule has 0 radical (unpaired) electrons. The van der Waals surface area contributed by atoms with Crippen molar-refractivity contribution in [2.75, 3.05) is 6.61 Å². The number of fused-ring (bicyclic) bond motifs is 1. The Bertz CT molecular complexity index is 913. The fourth-order valence-electron chi connectivity index (χ4n) is 3.85. The number of carbonyl (C=O) groups is 2. The van der Waals surface area contributed by atoms with Gasteiger partial charge in [0.1, 0.15) is 11.7 Å². The van der Waals surface area contributed by atoms with Gasteiger partial charge in [-0.1, -0.05) is 39.3 Å². The summed E-state index contributed by atoms with van der Waals surface area (Å²) in [5.41, 5.74) is -0.0483. The maximum Gasteiger partial charge on any atom is 0.374 e. The van der Waals surface area contributed by atoms with E-state index in [1.165, 1.54) is 0 Å². The Hall–Kier alpha value is -2.63. The van der Waals surface area contributed by atoms with Crippen LogP contribution in [0.25, 0.3) is 11.0 Å². The lowest BCUT2D eigenvalue weighted by molar-refractivity contribution is -0.159. The predicted octanol–water partition coefficient (Wildman–Crippen LogP) is 3.95. The van der Waals surface area contributed by atoms with Crippen LogP contribution in [0.5, 0.6) is 0 Å². The molecule has 1 aromatic heterocycles. The molecule has 1 saturated carbocycles. The first-order valence-electron chi connectivity index (χ1n) is 9.74. The molecule has 0 saturated heterocycles. The molecule has 1 aromatic carbocycles. The molecule has 6 nitrogen and oxygen atoms in total. The normalized spacial score (nSPS) is 22.2. The Morgan fingerprint density at radius 3 is 2.71 bits per heavy atom. The number of hydrogen-bond donors (Lipinski definition) is 0. The van der Waals surface area contributed by atoms with Gasteiger partial charge in [-0.3, -0.25) is 4.79 Å². The molecule has 28 heavy (non-hydrogen) atoms. The van der Waals surface area contributed by atoms with Crippen LogP contribution in [0.15, 0.2) is 39.5 Å². The van der Waals surface area contributed by atoms with Gasteiger partial charge in [0, 0.05) is 6.07 Å². The molecule has 1 fully saturated rings. The third-order valence-corrected chi connectivity index (χ3v) is 5.40. The molecule has 6 heteroatoms. The van der Waals surface area contributed by atoms with E-state index in [1.54, 1.807) is 24.3 Å². The van der Waals surface area contributed by atoms with Gasteiger partial charge in [-0.25, -0.2) is 9.59 Å². The quantitative estimate of drug-likeness (QED) is 0.724. The number of ether oxygens (including phenoxy) is 2. The zero-order valence-corrected chi connectivity index (χ0v) is 16.5. The van der Waals surface area contributed by atoms with E-state index in [9.17, 15) is 14.4 Å². The van der Waals surface area contributed by atoms with Crippen molar-refractivity contribution in [1.82, 2.24) is 0 Å². The average molecular weight is 386 g/mol. The molecule has 1 heterocycles. The largest absolute Gasteiger partial charge is 0.460 e. The molecule has 0 spiro atoms. The Morgan fingerprint density at radius 1 is 1.21 bits per heavy atom. The van der Waals surface area contributed by atoms with Gasteiger partial charge in [-0.15, -0.1) is 0 Å². The van der Waals surface area contributed by atoms with E-state index in [0.29, 0.717) is 28.7 Å². The molecule has 3 atom stereocenters. The van der Waals surface area contributed by atoms with E-state index in [2.05, 4.69) is 20.8 Å². The Kier molecular flexibility index (Phi) is 6.17. The molecule has 2 aromatic rings. The smallest absolute Gasteiger partial charge is 0.374 e. The van der Waals surface area contributed by atoms with Crippen LogP contribution in [0.1, 0.15) is 50.6 Å². The lowest BCUT2D eigenvalue weighted by Crippen LogP contribution is -2.36. The lowest BCUT2D eigenvalue weighted by Gasteiger charge is -2.36. The molecule has 1 aliphatic carbocycles. The number of benzene rings is 1. The Labute approximate surface area is 163 Å². The van der Waals surface area contributed by atoms with Gasteiger partial charge < -0.3 is 13.9 Å². The molecule has 150 valence electrons. The second-order valence-electron chi connectivity index (χ2n) is 7.90. The second kappa shape index (κ2) is 8.59. The third kappa shape index (κ3) is 4.61. The monoisotopic (exact) mass is 386 g/mol. The van der Waals surface area contributed by atoms with Gasteiger partial charge in [-0.05, 0) is 42.7 Å². The van der Waals surface area contributed by atoms with Crippen molar-refractivity contribution < 1.29 is 23.5 Å². The Morgan fingerprint density at radius 2 is 1.96 bits per heavy atom. The highest BCUT2D eigenvalue weighted by Gasteiger charge is 2.33. The van der Waals surface area contributed by atoms with Gasteiger partial charge in [0.2, 0.25) is 5.76 Å². The van der Waals surface area contributed by atoms with Crippen molar-refractivity contribution in [2.24, 2.45) is 17.8 Å². The van der Waals surface area contributed by atoms with E-state index in [1.807, 2.05) is 0 Å². The maximum atomic E-state index is 12.2. The zero-order valence-electron chi connectivity index (χ0n) is 16.5. The summed E-state index contributed by atoms with van der Waals surface area (Å²) in [5.74, 6) is -0.447. The number of carbonyl (C=O) groups excluding carboxylic acids is 2. The predicted molar refractivity (Wildman–Crippen MR) is 104 cm³/mol. The van der Waals surface area contributed by atoms with Crippen LogP contribution in [-0.4, -0.2) is 24.6 Å². The number of rotatable bonds is 5. The summed E-state index contributed by atoms with van der Waals surface area (Å²) in [7, 11) is 0. The van der Waals surface area contributed by atoms with Gasteiger partial charge in [-0.2, -0.15) is 0 Å². The molecule has 0 amide bonds. The number of esters is 2. The molecular weight excluding hydrogens is 360 g/mol. The van der Waals surface area contributed by atoms with Crippen molar-refractivity contribution >= 4 is 22.9 Å². The molecule has 0 bridgehead atoms. The zero-order chi connectivity index (χ0) is 20.3.